The molecule has 4 rings (SSSR count). The molecule has 0 aliphatic heterocycles. The molecule has 1 radical (unpaired) electrons. The van der Waals surface area contributed by atoms with Gasteiger partial charge in [-0.1, -0.05) is 116 Å². The predicted octanol–water partition coefficient (Wildman–Crippen LogP) is 9.32. The smallest absolute Gasteiger partial charge is 0.120 e. The molecule has 0 saturated heterocycles. The molecule has 4 bridgehead atoms. The molecule has 4 fully saturated rings. The first kappa shape index (κ1) is 27.9. The number of hydrogen-bond donors (Lipinski definition) is 0. The molecule has 4 heteroatoms. The van der Waals surface area contributed by atoms with Crippen molar-refractivity contribution in [3.63, 3.8) is 0 Å². The number of rotatable bonds is 10. The summed E-state index contributed by atoms with van der Waals surface area (Å²) in [6.07, 6.45) is 8.13. The zero-order chi connectivity index (χ0) is 25.1. The molecular formula is C29H57OSi3. The average Bonchev–Trinajstić information content (AvgIpc) is 2.64. The molecule has 0 amide bonds. The van der Waals surface area contributed by atoms with Crippen LogP contribution in [0.5, 0.6) is 0 Å². The fraction of sp³-hybridized carbons (Fsp3) is 0.966. The van der Waals surface area contributed by atoms with Gasteiger partial charge in [0.15, 0.2) is 0 Å². The maximum Gasteiger partial charge on any atom is 0.120 e. The van der Waals surface area contributed by atoms with Crippen LogP contribution in [0.3, 0.4) is 0 Å². The Morgan fingerprint density at radius 3 is 1.03 bits per heavy atom. The van der Waals surface area contributed by atoms with E-state index in [9.17, 15) is 0 Å². The Morgan fingerprint density at radius 2 is 0.818 bits per heavy atom. The monoisotopic (exact) mass is 505 g/mol. The highest BCUT2D eigenvalue weighted by atomic mass is 29.6. The van der Waals surface area contributed by atoms with Gasteiger partial charge < -0.3 is 4.79 Å². The van der Waals surface area contributed by atoms with E-state index >= 15 is 4.79 Å². The van der Waals surface area contributed by atoms with Crippen molar-refractivity contribution in [3.8, 4) is 0 Å². The van der Waals surface area contributed by atoms with Crippen LogP contribution in [0.2, 0.25) is 33.2 Å². The van der Waals surface area contributed by atoms with E-state index in [1.807, 2.05) is 0 Å². The van der Waals surface area contributed by atoms with Crippen molar-refractivity contribution in [2.75, 3.05) is 0 Å². The van der Waals surface area contributed by atoms with Crippen LogP contribution < -0.4 is 0 Å². The Kier molecular flexibility index (Phi) is 8.16. The quantitative estimate of drug-likeness (QED) is 0.270. The fourth-order valence-corrected chi connectivity index (χ4v) is 63.9. The molecule has 33 heavy (non-hydrogen) atoms. The molecule has 0 spiro atoms. The Balaban J connectivity index is 2.31. The zero-order valence-electron chi connectivity index (χ0n) is 24.3. The number of carbonyl (C=O) groups excluding carboxylic acids is 1. The van der Waals surface area contributed by atoms with Crippen molar-refractivity contribution in [1.29, 1.82) is 0 Å². The SMILES string of the molecule is CC(C)[Si](C(C)C)(C(C)C)[Si](C(=O)C12CC3CC(CC(C3)C1)C2)[Si](C(C)C)(C(C)C)C(C)C. The van der Waals surface area contributed by atoms with Crippen molar-refractivity contribution < 1.29 is 4.79 Å². The third-order valence-electron chi connectivity index (χ3n) is 11.3. The summed E-state index contributed by atoms with van der Waals surface area (Å²) in [6.45, 7) is 30.5. The predicted molar refractivity (Wildman–Crippen MR) is 153 cm³/mol. The maximum absolute atomic E-state index is 15.6. The maximum atomic E-state index is 15.6. The lowest BCUT2D eigenvalue weighted by atomic mass is 9.50. The van der Waals surface area contributed by atoms with Gasteiger partial charge in [0.2, 0.25) is 0 Å². The van der Waals surface area contributed by atoms with Crippen molar-refractivity contribution >= 4 is 28.4 Å². The summed E-state index contributed by atoms with van der Waals surface area (Å²) in [5.41, 5.74) is 4.29. The summed E-state index contributed by atoms with van der Waals surface area (Å²) in [6, 6.07) is 0. The van der Waals surface area contributed by atoms with Crippen LogP contribution in [0.4, 0.5) is 0 Å². The first-order chi connectivity index (χ1) is 15.2. The minimum Gasteiger partial charge on any atom is -0.306 e. The summed E-state index contributed by atoms with van der Waals surface area (Å²) >= 11 is 0. The Hall–Kier alpha value is 0.321. The van der Waals surface area contributed by atoms with Gasteiger partial charge >= 0.3 is 0 Å². The van der Waals surface area contributed by atoms with Crippen LogP contribution >= 0.6 is 0 Å². The lowest BCUT2D eigenvalue weighted by Crippen LogP contribution is -2.79. The van der Waals surface area contributed by atoms with E-state index in [0.717, 1.165) is 23.2 Å². The van der Waals surface area contributed by atoms with Gasteiger partial charge in [0, 0.05) is 5.41 Å². The second-order valence-electron chi connectivity index (χ2n) is 14.7. The van der Waals surface area contributed by atoms with Crippen LogP contribution in [-0.2, 0) is 4.79 Å². The van der Waals surface area contributed by atoms with Crippen molar-refractivity contribution in [2.24, 2.45) is 23.2 Å². The normalized spacial score (nSPS) is 30.3. The molecule has 4 saturated carbocycles. The number of carbonyl (C=O) groups is 1. The third kappa shape index (κ3) is 4.08. The van der Waals surface area contributed by atoms with Gasteiger partial charge in [-0.3, -0.25) is 0 Å². The van der Waals surface area contributed by atoms with Crippen LogP contribution in [0.1, 0.15) is 122 Å². The van der Waals surface area contributed by atoms with E-state index in [4.69, 9.17) is 0 Å². The number of hydrogen-bond acceptors (Lipinski definition) is 1. The van der Waals surface area contributed by atoms with Crippen LogP contribution in [0.25, 0.3) is 0 Å². The molecule has 0 N–H and O–H groups in total. The molecule has 0 heterocycles. The summed E-state index contributed by atoms with van der Waals surface area (Å²) in [7, 11) is -4.90. The largest absolute Gasteiger partial charge is 0.306 e. The second kappa shape index (κ2) is 9.65. The van der Waals surface area contributed by atoms with Gasteiger partial charge in [-0.25, -0.2) is 0 Å². The molecule has 0 atom stereocenters. The average molecular weight is 506 g/mol. The lowest BCUT2D eigenvalue weighted by Gasteiger charge is -2.63. The van der Waals surface area contributed by atoms with Crippen LogP contribution in [0, 0.1) is 23.2 Å². The summed E-state index contributed by atoms with van der Waals surface area (Å²) in [5.74, 6) is 2.60. The highest BCUT2D eigenvalue weighted by Gasteiger charge is 2.68. The minimum absolute atomic E-state index is 0.0802. The van der Waals surface area contributed by atoms with E-state index < -0.39 is 23.0 Å². The minimum atomic E-state index is -1.88. The standard InChI is InChI=1S/C29H57OSi3/c1-19(2)32(20(3)4,21(5)6)31(33(22(7)8,23(9)10)24(11)12)28(30)29-16-25-13-26(17-29)15-27(14-25)18-29/h19-27H,13-18H2,1-12H3. The molecule has 1 nitrogen and oxygen atoms in total. The second-order valence-corrected chi connectivity index (χ2v) is 36.3. The first-order valence-corrected chi connectivity index (χ1v) is 22.6. The lowest BCUT2D eigenvalue weighted by molar-refractivity contribution is -0.135. The van der Waals surface area contributed by atoms with E-state index in [1.54, 1.807) is 0 Å². The Bertz CT molecular complexity index is 595. The third-order valence-corrected chi connectivity index (χ3v) is 50.3. The molecule has 191 valence electrons. The summed E-state index contributed by atoms with van der Waals surface area (Å²) in [4.78, 5) is 15.6. The topological polar surface area (TPSA) is 17.1 Å². The highest BCUT2D eigenvalue weighted by Crippen LogP contribution is 2.63. The highest BCUT2D eigenvalue weighted by molar-refractivity contribution is 7.71. The molecule has 0 aromatic rings. The summed E-state index contributed by atoms with van der Waals surface area (Å²) in [5, 5.41) is 0.942. The molecule has 4 aliphatic rings. The van der Waals surface area contributed by atoms with Crippen LogP contribution in [-0.4, -0.2) is 28.4 Å². The van der Waals surface area contributed by atoms with Gasteiger partial charge in [-0.15, -0.1) is 0 Å². The van der Waals surface area contributed by atoms with Gasteiger partial charge in [0.1, 0.15) is 13.2 Å². The van der Waals surface area contributed by atoms with Gasteiger partial charge in [0.05, 0.1) is 15.2 Å². The molecular weight excluding hydrogens is 449 g/mol. The van der Waals surface area contributed by atoms with E-state index in [1.165, 1.54) is 38.5 Å². The first-order valence-electron chi connectivity index (χ1n) is 14.6. The van der Waals surface area contributed by atoms with E-state index in [-0.39, 0.29) is 5.41 Å². The zero-order valence-corrected chi connectivity index (χ0v) is 27.3. The molecule has 0 unspecified atom stereocenters. The van der Waals surface area contributed by atoms with Gasteiger partial charge in [-0.05, 0) is 56.3 Å². The molecule has 0 aromatic carbocycles. The Morgan fingerprint density at radius 1 is 0.576 bits per heavy atom. The van der Waals surface area contributed by atoms with Crippen molar-refractivity contribution in [3.05, 3.63) is 0 Å². The molecule has 0 aromatic heterocycles. The van der Waals surface area contributed by atoms with Gasteiger partial charge in [0.25, 0.3) is 0 Å². The van der Waals surface area contributed by atoms with Crippen LogP contribution in [0.15, 0.2) is 0 Å². The van der Waals surface area contributed by atoms with Crippen molar-refractivity contribution in [1.82, 2.24) is 0 Å². The fourth-order valence-electron chi connectivity index (χ4n) is 11.2. The summed E-state index contributed by atoms with van der Waals surface area (Å²) < 4.78 is 0. The van der Waals surface area contributed by atoms with E-state index in [0.29, 0.717) is 33.2 Å². The Labute approximate surface area is 210 Å². The van der Waals surface area contributed by atoms with Crippen molar-refractivity contribution in [2.45, 2.75) is 155 Å². The molecule has 4 aliphatic carbocycles. The van der Waals surface area contributed by atoms with Gasteiger partial charge in [-0.2, -0.15) is 0 Å². The van der Waals surface area contributed by atoms with E-state index in [2.05, 4.69) is 83.1 Å².